The van der Waals surface area contributed by atoms with Crippen molar-refractivity contribution in [3.63, 3.8) is 0 Å². The quantitative estimate of drug-likeness (QED) is 0.301. The first kappa shape index (κ1) is 19.2. The van der Waals surface area contributed by atoms with Gasteiger partial charge < -0.3 is 10.2 Å². The molecule has 30 heavy (non-hydrogen) atoms. The van der Waals surface area contributed by atoms with Crippen molar-refractivity contribution in [2.24, 2.45) is 5.10 Å². The molecule has 156 valence electrons. The summed E-state index contributed by atoms with van der Waals surface area (Å²) in [4.78, 5) is 24.9. The summed E-state index contributed by atoms with van der Waals surface area (Å²) in [6.07, 6.45) is 3.26. The Morgan fingerprint density at radius 2 is 2.17 bits per heavy atom. The maximum Gasteiger partial charge on any atom is 0.433 e. The van der Waals surface area contributed by atoms with Crippen LogP contribution < -0.4 is 11.2 Å². The molecule has 3 aromatic rings. The van der Waals surface area contributed by atoms with Crippen LogP contribution in [0.2, 0.25) is 0 Å². The molecule has 15 heteroatoms. The van der Waals surface area contributed by atoms with Crippen LogP contribution in [-0.2, 0) is 6.54 Å². The van der Waals surface area contributed by atoms with E-state index in [1.807, 2.05) is 0 Å². The molecule has 0 aromatic carbocycles. The molecule has 15 nitrogen and oxygen atoms in total. The van der Waals surface area contributed by atoms with Crippen LogP contribution in [0.4, 0.5) is 11.7 Å². The summed E-state index contributed by atoms with van der Waals surface area (Å²) in [5.41, 5.74) is 8.51. The van der Waals surface area contributed by atoms with Gasteiger partial charge in [0, 0.05) is 6.54 Å². The van der Waals surface area contributed by atoms with Gasteiger partial charge in [0.25, 0.3) is 5.91 Å². The summed E-state index contributed by atoms with van der Waals surface area (Å²) in [7, 11) is 0. The molecule has 0 atom stereocenters. The SMILES string of the molecule is Nc1nonc1-n1nnc(CN2CCCC2)c1C(=O)N/N=C\c1ccc([N+](=O)[O-])o1. The average Bonchev–Trinajstić information content (AvgIpc) is 3.49. The van der Waals surface area contributed by atoms with Crippen molar-refractivity contribution in [2.45, 2.75) is 19.4 Å². The van der Waals surface area contributed by atoms with Crippen LogP contribution >= 0.6 is 0 Å². The Hall–Kier alpha value is -4.14. The Labute approximate surface area is 167 Å². The van der Waals surface area contributed by atoms with Crippen molar-refractivity contribution < 1.29 is 18.8 Å². The fourth-order valence-electron chi connectivity index (χ4n) is 3.00. The number of nitrogens with two attached hydrogens (primary N) is 1. The fourth-order valence-corrected chi connectivity index (χ4v) is 3.00. The fraction of sp³-hybridized carbons (Fsp3) is 0.333. The maximum atomic E-state index is 12.8. The second-order valence-corrected chi connectivity index (χ2v) is 6.39. The minimum Gasteiger partial charge on any atom is -0.400 e. The Balaban J connectivity index is 1.57. The number of likely N-dealkylation sites (tertiary alicyclic amines) is 1. The number of nitro groups is 1. The summed E-state index contributed by atoms with van der Waals surface area (Å²) < 4.78 is 10.7. The molecule has 1 amide bonds. The second kappa shape index (κ2) is 8.08. The van der Waals surface area contributed by atoms with Crippen molar-refractivity contribution in [2.75, 3.05) is 18.8 Å². The van der Waals surface area contributed by atoms with Gasteiger partial charge in [-0.2, -0.15) is 9.78 Å². The number of furan rings is 1. The molecule has 1 fully saturated rings. The number of nitrogens with zero attached hydrogens (tertiary/aromatic N) is 8. The summed E-state index contributed by atoms with van der Waals surface area (Å²) in [5.74, 6) is -1.03. The molecule has 0 aliphatic carbocycles. The van der Waals surface area contributed by atoms with Crippen LogP contribution in [0.3, 0.4) is 0 Å². The lowest BCUT2D eigenvalue weighted by molar-refractivity contribution is -0.402. The first-order valence-electron chi connectivity index (χ1n) is 8.86. The number of rotatable bonds is 7. The Morgan fingerprint density at radius 1 is 1.37 bits per heavy atom. The van der Waals surface area contributed by atoms with Crippen molar-refractivity contribution in [1.29, 1.82) is 0 Å². The van der Waals surface area contributed by atoms with E-state index in [-0.39, 0.29) is 23.1 Å². The van der Waals surface area contributed by atoms with Crippen LogP contribution in [-0.4, -0.2) is 60.3 Å². The van der Waals surface area contributed by atoms with Crippen molar-refractivity contribution in [1.82, 2.24) is 35.6 Å². The topological polar surface area (TPSA) is 197 Å². The number of carbonyl (C=O) groups is 1. The predicted molar refractivity (Wildman–Crippen MR) is 98.6 cm³/mol. The number of amides is 1. The molecule has 4 heterocycles. The van der Waals surface area contributed by atoms with Crippen LogP contribution in [0.1, 0.15) is 34.8 Å². The minimum atomic E-state index is -0.679. The maximum absolute atomic E-state index is 12.8. The first-order chi connectivity index (χ1) is 14.5. The molecule has 1 aliphatic heterocycles. The van der Waals surface area contributed by atoms with E-state index in [0.717, 1.165) is 36.8 Å². The molecule has 0 bridgehead atoms. The lowest BCUT2D eigenvalue weighted by atomic mass is 10.3. The van der Waals surface area contributed by atoms with E-state index in [9.17, 15) is 14.9 Å². The van der Waals surface area contributed by atoms with Crippen LogP contribution in [0, 0.1) is 10.1 Å². The van der Waals surface area contributed by atoms with E-state index in [2.05, 4.69) is 40.7 Å². The molecule has 0 saturated carbocycles. The molecule has 1 aliphatic rings. The van der Waals surface area contributed by atoms with Gasteiger partial charge in [-0.15, -0.1) is 5.10 Å². The zero-order valence-corrected chi connectivity index (χ0v) is 15.5. The molecule has 3 N–H and O–H groups in total. The highest BCUT2D eigenvalue weighted by atomic mass is 16.6. The lowest BCUT2D eigenvalue weighted by Gasteiger charge is -2.13. The average molecular weight is 416 g/mol. The van der Waals surface area contributed by atoms with Gasteiger partial charge in [-0.05, 0) is 42.3 Å². The summed E-state index contributed by atoms with van der Waals surface area (Å²) in [5, 5.41) is 29.6. The van der Waals surface area contributed by atoms with E-state index in [1.54, 1.807) is 0 Å². The number of hydrazone groups is 1. The number of aromatic nitrogens is 5. The Kier molecular flexibility index (Phi) is 5.17. The Morgan fingerprint density at radius 3 is 2.83 bits per heavy atom. The summed E-state index contributed by atoms with van der Waals surface area (Å²) in [6.45, 7) is 2.18. The number of nitrogens with one attached hydrogen (secondary N) is 1. The van der Waals surface area contributed by atoms with E-state index < -0.39 is 16.7 Å². The zero-order chi connectivity index (χ0) is 21.1. The molecule has 1 saturated heterocycles. The van der Waals surface area contributed by atoms with Gasteiger partial charge in [0.2, 0.25) is 11.6 Å². The van der Waals surface area contributed by atoms with Crippen molar-refractivity contribution in [3.8, 4) is 5.82 Å². The molecule has 3 aromatic heterocycles. The van der Waals surface area contributed by atoms with Crippen molar-refractivity contribution in [3.05, 3.63) is 39.4 Å². The minimum absolute atomic E-state index is 0.0194. The van der Waals surface area contributed by atoms with Crippen LogP contribution in [0.25, 0.3) is 5.82 Å². The van der Waals surface area contributed by atoms with Gasteiger partial charge in [-0.3, -0.25) is 19.8 Å². The third-order valence-electron chi connectivity index (χ3n) is 4.37. The molecule has 0 spiro atoms. The standard InChI is InChI=1S/C15H16N10O5/c16-13-14(21-30-20-13)24-12(10(18-22-24)8-23-5-1-2-6-23)15(26)19-17-7-9-3-4-11(29-9)25(27)28/h3-4,7H,1-2,5-6,8H2,(H2,16,20)(H,19,26)/b17-7-. The van der Waals surface area contributed by atoms with E-state index in [4.69, 9.17) is 10.2 Å². The van der Waals surface area contributed by atoms with Gasteiger partial charge in [0.1, 0.15) is 10.6 Å². The van der Waals surface area contributed by atoms with Crippen molar-refractivity contribution >= 4 is 23.8 Å². The molecular weight excluding hydrogens is 400 g/mol. The number of hydrogen-bond donors (Lipinski definition) is 2. The monoisotopic (exact) mass is 416 g/mol. The zero-order valence-electron chi connectivity index (χ0n) is 15.5. The largest absolute Gasteiger partial charge is 0.433 e. The normalized spacial score (nSPS) is 14.5. The molecule has 4 rings (SSSR count). The highest BCUT2D eigenvalue weighted by Crippen LogP contribution is 2.19. The van der Waals surface area contributed by atoms with Gasteiger partial charge >= 0.3 is 5.88 Å². The van der Waals surface area contributed by atoms with E-state index in [1.165, 1.54) is 12.1 Å². The van der Waals surface area contributed by atoms with Crippen LogP contribution in [0.15, 0.2) is 26.3 Å². The number of nitrogen functional groups attached to an aromatic ring is 1. The predicted octanol–water partition coefficient (Wildman–Crippen LogP) is 0.0934. The van der Waals surface area contributed by atoms with Crippen LogP contribution in [0.5, 0.6) is 0 Å². The molecule has 0 unspecified atom stereocenters. The molecular formula is C15H16N10O5. The van der Waals surface area contributed by atoms with Gasteiger partial charge in [0.05, 0.1) is 12.3 Å². The van der Waals surface area contributed by atoms with Gasteiger partial charge in [-0.1, -0.05) is 5.21 Å². The summed E-state index contributed by atoms with van der Waals surface area (Å²) >= 11 is 0. The highest BCUT2D eigenvalue weighted by Gasteiger charge is 2.26. The van der Waals surface area contributed by atoms with Gasteiger partial charge in [-0.25, -0.2) is 10.1 Å². The first-order valence-corrected chi connectivity index (χ1v) is 8.86. The third kappa shape index (κ3) is 3.86. The second-order valence-electron chi connectivity index (χ2n) is 6.39. The number of anilines is 1. The third-order valence-corrected chi connectivity index (χ3v) is 4.37. The molecule has 0 radical (unpaired) electrons. The summed E-state index contributed by atoms with van der Waals surface area (Å²) in [6, 6.07) is 2.52. The smallest absolute Gasteiger partial charge is 0.400 e. The van der Waals surface area contributed by atoms with E-state index in [0.29, 0.717) is 12.2 Å². The highest BCUT2D eigenvalue weighted by molar-refractivity contribution is 5.94. The number of carbonyl (C=O) groups excluding carboxylic acids is 1. The number of hydrogen-bond acceptors (Lipinski definition) is 12. The lowest BCUT2D eigenvalue weighted by Crippen LogP contribution is -2.26. The van der Waals surface area contributed by atoms with Gasteiger partial charge in [0.15, 0.2) is 11.5 Å². The van der Waals surface area contributed by atoms with E-state index >= 15 is 0 Å². The Bertz CT molecular complexity index is 1090.